The SMILES string of the molecule is C[Si](C)(C)O[Si](C)(C)C1CCC(C2(SCl)CCCC2)CC1. The normalized spacial score (nSPS) is 30.6. The Balaban J connectivity index is 1.93. The molecule has 0 saturated heterocycles. The molecule has 2 aliphatic rings. The molecule has 0 aromatic heterocycles. The third-order valence-electron chi connectivity index (χ3n) is 5.63. The summed E-state index contributed by atoms with van der Waals surface area (Å²) in [4.78, 5) is 0. The molecule has 124 valence electrons. The second-order valence-electron chi connectivity index (χ2n) is 8.72. The lowest BCUT2D eigenvalue weighted by Crippen LogP contribution is -2.47. The van der Waals surface area contributed by atoms with Crippen LogP contribution in [0.15, 0.2) is 0 Å². The summed E-state index contributed by atoms with van der Waals surface area (Å²) in [7, 11) is 5.06. The van der Waals surface area contributed by atoms with Gasteiger partial charge in [0.1, 0.15) is 0 Å². The molecule has 0 heterocycles. The van der Waals surface area contributed by atoms with Gasteiger partial charge in [-0.25, -0.2) is 0 Å². The third-order valence-corrected chi connectivity index (χ3v) is 14.7. The maximum Gasteiger partial charge on any atom is 0.176 e. The zero-order chi connectivity index (χ0) is 15.7. The summed E-state index contributed by atoms with van der Waals surface area (Å²) in [6, 6.07) is 0. The molecule has 0 spiro atoms. The minimum atomic E-state index is -1.52. The van der Waals surface area contributed by atoms with Crippen LogP contribution in [0.1, 0.15) is 51.4 Å². The first-order chi connectivity index (χ1) is 9.69. The van der Waals surface area contributed by atoms with Gasteiger partial charge in [0.05, 0.1) is 0 Å². The van der Waals surface area contributed by atoms with Crippen LogP contribution in [0.5, 0.6) is 0 Å². The highest BCUT2D eigenvalue weighted by atomic mass is 35.7. The van der Waals surface area contributed by atoms with E-state index in [4.69, 9.17) is 14.8 Å². The molecule has 0 unspecified atom stereocenters. The van der Waals surface area contributed by atoms with Crippen molar-refractivity contribution in [2.75, 3.05) is 0 Å². The lowest BCUT2D eigenvalue weighted by molar-refractivity contribution is 0.271. The van der Waals surface area contributed by atoms with E-state index in [2.05, 4.69) is 32.7 Å². The molecule has 0 atom stereocenters. The smallest absolute Gasteiger partial charge is 0.176 e. The fourth-order valence-electron chi connectivity index (χ4n) is 4.71. The minimum absolute atomic E-state index is 0.415. The zero-order valence-corrected chi connectivity index (χ0v) is 18.1. The molecule has 0 radical (unpaired) electrons. The maximum absolute atomic E-state index is 6.62. The van der Waals surface area contributed by atoms with Crippen LogP contribution in [0.3, 0.4) is 0 Å². The van der Waals surface area contributed by atoms with E-state index in [9.17, 15) is 0 Å². The van der Waals surface area contributed by atoms with Crippen molar-refractivity contribution in [1.29, 1.82) is 0 Å². The van der Waals surface area contributed by atoms with Gasteiger partial charge in [0.2, 0.25) is 0 Å². The Morgan fingerprint density at radius 3 is 1.90 bits per heavy atom. The minimum Gasteiger partial charge on any atom is -0.456 e. The van der Waals surface area contributed by atoms with Crippen molar-refractivity contribution < 1.29 is 4.12 Å². The molecule has 21 heavy (non-hydrogen) atoms. The van der Waals surface area contributed by atoms with Crippen LogP contribution in [0.25, 0.3) is 0 Å². The molecule has 0 aliphatic heterocycles. The maximum atomic E-state index is 6.62. The van der Waals surface area contributed by atoms with Gasteiger partial charge in [-0.1, -0.05) is 25.7 Å². The first kappa shape index (κ1) is 18.4. The Kier molecular flexibility index (Phi) is 6.02. The lowest BCUT2D eigenvalue weighted by Gasteiger charge is -2.44. The fraction of sp³-hybridized carbons (Fsp3) is 1.00. The molecule has 2 aliphatic carbocycles. The summed E-state index contributed by atoms with van der Waals surface area (Å²) in [5.74, 6) is 0.857. The Labute approximate surface area is 142 Å². The Morgan fingerprint density at radius 1 is 0.952 bits per heavy atom. The summed E-state index contributed by atoms with van der Waals surface area (Å²) in [6.07, 6.45) is 11.0. The van der Waals surface area contributed by atoms with Crippen LogP contribution < -0.4 is 0 Å². The molecule has 2 rings (SSSR count). The number of halogens is 1. The molecule has 2 saturated carbocycles. The highest BCUT2D eigenvalue weighted by Gasteiger charge is 2.46. The van der Waals surface area contributed by atoms with Crippen molar-refractivity contribution in [3.05, 3.63) is 0 Å². The van der Waals surface area contributed by atoms with Gasteiger partial charge >= 0.3 is 0 Å². The van der Waals surface area contributed by atoms with E-state index in [1.807, 2.05) is 0 Å². The molecule has 0 amide bonds. The van der Waals surface area contributed by atoms with Crippen LogP contribution in [-0.4, -0.2) is 21.4 Å². The first-order valence-corrected chi connectivity index (χ1v) is 16.7. The van der Waals surface area contributed by atoms with E-state index < -0.39 is 16.6 Å². The molecule has 1 nitrogen and oxygen atoms in total. The van der Waals surface area contributed by atoms with E-state index in [1.165, 1.54) is 51.4 Å². The molecule has 0 aromatic carbocycles. The van der Waals surface area contributed by atoms with Crippen LogP contribution in [0.4, 0.5) is 0 Å². The second kappa shape index (κ2) is 6.88. The van der Waals surface area contributed by atoms with Crippen molar-refractivity contribution in [3.63, 3.8) is 0 Å². The summed E-state index contributed by atoms with van der Waals surface area (Å²) in [5, 5.41) is 0. The topological polar surface area (TPSA) is 9.23 Å². The van der Waals surface area contributed by atoms with Gasteiger partial charge in [0.25, 0.3) is 0 Å². The molecular formula is C16H33ClOSSi2. The zero-order valence-electron chi connectivity index (χ0n) is 14.5. The quantitative estimate of drug-likeness (QED) is 0.496. The highest BCUT2D eigenvalue weighted by molar-refractivity contribution is 8.22. The van der Waals surface area contributed by atoms with Gasteiger partial charge < -0.3 is 4.12 Å². The van der Waals surface area contributed by atoms with Crippen LogP contribution >= 0.6 is 21.7 Å². The van der Waals surface area contributed by atoms with Gasteiger partial charge in [-0.3, -0.25) is 0 Å². The predicted octanol–water partition coefficient (Wildman–Crippen LogP) is 6.80. The number of hydrogen-bond donors (Lipinski definition) is 0. The number of rotatable bonds is 5. The van der Waals surface area contributed by atoms with Gasteiger partial charge in [0.15, 0.2) is 16.6 Å². The number of hydrogen-bond acceptors (Lipinski definition) is 2. The third kappa shape index (κ3) is 4.53. The van der Waals surface area contributed by atoms with Crippen molar-refractivity contribution in [2.45, 2.75) is 94.4 Å². The summed E-state index contributed by atoms with van der Waals surface area (Å²) in [5.41, 5.74) is 0.860. The average molecular weight is 365 g/mol. The van der Waals surface area contributed by atoms with E-state index in [0.717, 1.165) is 11.5 Å². The van der Waals surface area contributed by atoms with Gasteiger partial charge in [0, 0.05) is 4.75 Å². The molecular weight excluding hydrogens is 332 g/mol. The Morgan fingerprint density at radius 2 is 1.48 bits per heavy atom. The van der Waals surface area contributed by atoms with Gasteiger partial charge in [-0.2, -0.15) is 0 Å². The summed E-state index contributed by atoms with van der Waals surface area (Å²) in [6.45, 7) is 11.9. The standard InChI is InChI=1S/C16H33ClOSSi2/c1-20(2,3)18-21(4,5)15-10-8-14(9-11-15)16(19-17)12-6-7-13-16/h14-15H,6-13H2,1-5H3. The van der Waals surface area contributed by atoms with Crippen LogP contribution in [0, 0.1) is 5.92 Å². The molecule has 0 aromatic rings. The van der Waals surface area contributed by atoms with Gasteiger partial charge in [-0.05, 0) is 91.5 Å². The monoisotopic (exact) mass is 364 g/mol. The lowest BCUT2D eigenvalue weighted by atomic mass is 9.78. The van der Waals surface area contributed by atoms with E-state index >= 15 is 0 Å². The van der Waals surface area contributed by atoms with Crippen molar-refractivity contribution in [3.8, 4) is 0 Å². The Hall–Kier alpha value is 1.03. The van der Waals surface area contributed by atoms with Crippen molar-refractivity contribution in [2.24, 2.45) is 5.92 Å². The Bertz CT molecular complexity index is 343. The van der Waals surface area contributed by atoms with Gasteiger partial charge in [-0.15, -0.1) is 0 Å². The molecule has 0 N–H and O–H groups in total. The van der Waals surface area contributed by atoms with E-state index in [0.29, 0.717) is 4.75 Å². The van der Waals surface area contributed by atoms with Crippen molar-refractivity contribution >= 4 is 38.3 Å². The molecule has 0 bridgehead atoms. The first-order valence-electron chi connectivity index (χ1n) is 8.68. The highest BCUT2D eigenvalue weighted by Crippen LogP contribution is 2.55. The predicted molar refractivity (Wildman–Crippen MR) is 102 cm³/mol. The second-order valence-corrected chi connectivity index (χ2v) is 19.2. The molecule has 2 fully saturated rings. The molecule has 5 heteroatoms. The van der Waals surface area contributed by atoms with Crippen LogP contribution in [0.2, 0.25) is 38.3 Å². The van der Waals surface area contributed by atoms with E-state index in [-0.39, 0.29) is 0 Å². The van der Waals surface area contributed by atoms with Crippen LogP contribution in [-0.2, 0) is 4.12 Å². The summed E-state index contributed by atoms with van der Waals surface area (Å²) < 4.78 is 7.04. The fourth-order valence-corrected chi connectivity index (χ4v) is 15.1. The summed E-state index contributed by atoms with van der Waals surface area (Å²) >= 11 is 0. The van der Waals surface area contributed by atoms with Crippen molar-refractivity contribution in [1.82, 2.24) is 0 Å². The van der Waals surface area contributed by atoms with E-state index in [1.54, 1.807) is 11.0 Å². The largest absolute Gasteiger partial charge is 0.456 e. The average Bonchev–Trinajstić information content (AvgIpc) is 2.86.